The summed E-state index contributed by atoms with van der Waals surface area (Å²) in [7, 11) is 0. The molecule has 0 spiro atoms. The molecule has 0 fully saturated rings. The van der Waals surface area contributed by atoms with Crippen molar-refractivity contribution in [2.45, 2.75) is 0 Å². The SMILES string of the molecule is O=C(O)C=CC(=O)c1cnn(-c2ccccc2)c1. The van der Waals surface area contributed by atoms with Gasteiger partial charge >= 0.3 is 5.97 Å². The van der Waals surface area contributed by atoms with Crippen molar-refractivity contribution in [3.05, 3.63) is 60.4 Å². The van der Waals surface area contributed by atoms with E-state index in [0.29, 0.717) is 5.56 Å². The molecule has 5 heteroatoms. The zero-order valence-electron chi connectivity index (χ0n) is 9.35. The lowest BCUT2D eigenvalue weighted by atomic mass is 10.2. The van der Waals surface area contributed by atoms with Crippen molar-refractivity contribution in [3.63, 3.8) is 0 Å². The number of carboxylic acids is 1. The van der Waals surface area contributed by atoms with Crippen LogP contribution in [0.5, 0.6) is 0 Å². The van der Waals surface area contributed by atoms with Gasteiger partial charge in [0.25, 0.3) is 0 Å². The molecule has 0 bridgehead atoms. The first-order chi connectivity index (χ1) is 8.66. The molecule has 1 aromatic heterocycles. The van der Waals surface area contributed by atoms with Gasteiger partial charge in [-0.25, -0.2) is 9.48 Å². The van der Waals surface area contributed by atoms with Crippen LogP contribution in [0.25, 0.3) is 5.69 Å². The lowest BCUT2D eigenvalue weighted by molar-refractivity contribution is -0.131. The Balaban J connectivity index is 2.21. The van der Waals surface area contributed by atoms with E-state index in [2.05, 4.69) is 5.10 Å². The van der Waals surface area contributed by atoms with Gasteiger partial charge in [0.05, 0.1) is 17.4 Å². The van der Waals surface area contributed by atoms with Gasteiger partial charge in [0, 0.05) is 12.3 Å². The van der Waals surface area contributed by atoms with Gasteiger partial charge in [-0.3, -0.25) is 4.79 Å². The molecule has 90 valence electrons. The second-order valence-electron chi connectivity index (χ2n) is 3.54. The average Bonchev–Trinajstić information content (AvgIpc) is 2.86. The first-order valence-corrected chi connectivity index (χ1v) is 5.22. The minimum Gasteiger partial charge on any atom is -0.478 e. The molecule has 0 amide bonds. The summed E-state index contributed by atoms with van der Waals surface area (Å²) < 4.78 is 1.56. The maximum atomic E-state index is 11.6. The largest absolute Gasteiger partial charge is 0.478 e. The number of hydrogen-bond acceptors (Lipinski definition) is 3. The smallest absolute Gasteiger partial charge is 0.328 e. The van der Waals surface area contributed by atoms with Gasteiger partial charge in [0.15, 0.2) is 5.78 Å². The summed E-state index contributed by atoms with van der Waals surface area (Å²) >= 11 is 0. The molecule has 0 aliphatic carbocycles. The summed E-state index contributed by atoms with van der Waals surface area (Å²) in [6.45, 7) is 0. The van der Waals surface area contributed by atoms with Crippen LogP contribution in [0.4, 0.5) is 0 Å². The zero-order valence-corrected chi connectivity index (χ0v) is 9.35. The quantitative estimate of drug-likeness (QED) is 0.654. The number of rotatable bonds is 4. The van der Waals surface area contributed by atoms with Crippen molar-refractivity contribution in [1.82, 2.24) is 9.78 Å². The van der Waals surface area contributed by atoms with Gasteiger partial charge in [0.2, 0.25) is 0 Å². The molecule has 0 saturated carbocycles. The van der Waals surface area contributed by atoms with Crippen LogP contribution in [0.3, 0.4) is 0 Å². The predicted molar refractivity (Wildman–Crippen MR) is 64.7 cm³/mol. The van der Waals surface area contributed by atoms with E-state index in [9.17, 15) is 9.59 Å². The molecular weight excluding hydrogens is 232 g/mol. The van der Waals surface area contributed by atoms with Gasteiger partial charge in [-0.15, -0.1) is 0 Å². The van der Waals surface area contributed by atoms with Gasteiger partial charge in [0.1, 0.15) is 0 Å². The van der Waals surface area contributed by atoms with Crippen LogP contribution in [0.1, 0.15) is 10.4 Å². The number of aliphatic carboxylic acids is 1. The van der Waals surface area contributed by atoms with E-state index in [1.54, 1.807) is 10.9 Å². The second kappa shape index (κ2) is 5.09. The van der Waals surface area contributed by atoms with Crippen molar-refractivity contribution in [2.24, 2.45) is 0 Å². The number of carboxylic acid groups (broad SMARTS) is 1. The highest BCUT2D eigenvalue weighted by molar-refractivity contribution is 6.06. The Morgan fingerprint density at radius 1 is 1.17 bits per heavy atom. The summed E-state index contributed by atoms with van der Waals surface area (Å²) in [6, 6.07) is 9.32. The van der Waals surface area contributed by atoms with Crippen LogP contribution in [-0.4, -0.2) is 26.6 Å². The summed E-state index contributed by atoms with van der Waals surface area (Å²) in [6.07, 6.45) is 4.78. The Hall–Kier alpha value is -2.69. The van der Waals surface area contributed by atoms with Crippen LogP contribution in [0, 0.1) is 0 Å². The molecule has 1 N–H and O–H groups in total. The molecule has 5 nitrogen and oxygen atoms in total. The van der Waals surface area contributed by atoms with Gasteiger partial charge in [-0.2, -0.15) is 5.10 Å². The number of aromatic nitrogens is 2. The Morgan fingerprint density at radius 3 is 2.56 bits per heavy atom. The monoisotopic (exact) mass is 242 g/mol. The molecule has 0 aliphatic heterocycles. The minimum atomic E-state index is -1.15. The van der Waals surface area contributed by atoms with Crippen LogP contribution in [0.2, 0.25) is 0 Å². The topological polar surface area (TPSA) is 72.2 Å². The third-order valence-electron chi connectivity index (χ3n) is 2.27. The summed E-state index contributed by atoms with van der Waals surface area (Å²) in [5, 5.41) is 12.5. The highest BCUT2D eigenvalue weighted by Gasteiger charge is 2.06. The summed E-state index contributed by atoms with van der Waals surface area (Å²) in [4.78, 5) is 21.9. The van der Waals surface area contributed by atoms with Crippen LogP contribution in [-0.2, 0) is 4.79 Å². The maximum Gasteiger partial charge on any atom is 0.328 e. The van der Waals surface area contributed by atoms with E-state index in [1.807, 2.05) is 30.3 Å². The van der Waals surface area contributed by atoms with Crippen LogP contribution >= 0.6 is 0 Å². The van der Waals surface area contributed by atoms with Gasteiger partial charge < -0.3 is 5.11 Å². The summed E-state index contributed by atoms with van der Waals surface area (Å²) in [5.74, 6) is -1.54. The lowest BCUT2D eigenvalue weighted by Gasteiger charge is -1.98. The maximum absolute atomic E-state index is 11.6. The lowest BCUT2D eigenvalue weighted by Crippen LogP contribution is -1.96. The Bertz CT molecular complexity index is 600. The standard InChI is InChI=1S/C13H10N2O3/c16-12(6-7-13(17)18)10-8-14-15(9-10)11-4-2-1-3-5-11/h1-9H,(H,17,18). The molecule has 18 heavy (non-hydrogen) atoms. The van der Waals surface area contributed by atoms with E-state index in [1.165, 1.54) is 6.20 Å². The number of carbonyl (C=O) groups excluding carboxylic acids is 1. The molecule has 1 aromatic carbocycles. The first kappa shape index (κ1) is 11.8. The molecule has 0 radical (unpaired) electrons. The fourth-order valence-electron chi connectivity index (χ4n) is 1.42. The Labute approximate surface area is 103 Å². The number of nitrogens with zero attached hydrogens (tertiary/aromatic N) is 2. The molecule has 1 heterocycles. The summed E-state index contributed by atoms with van der Waals surface area (Å²) in [5.41, 5.74) is 1.18. The number of carbonyl (C=O) groups is 2. The minimum absolute atomic E-state index is 0.344. The predicted octanol–water partition coefficient (Wildman–Crippen LogP) is 1.70. The molecule has 0 saturated heterocycles. The van der Waals surface area contributed by atoms with E-state index >= 15 is 0 Å². The van der Waals surface area contributed by atoms with Crippen molar-refractivity contribution in [1.29, 1.82) is 0 Å². The number of para-hydroxylation sites is 1. The third kappa shape index (κ3) is 2.70. The molecule has 0 aliphatic rings. The highest BCUT2D eigenvalue weighted by Crippen LogP contribution is 2.08. The van der Waals surface area contributed by atoms with Crippen LogP contribution < -0.4 is 0 Å². The highest BCUT2D eigenvalue weighted by atomic mass is 16.4. The van der Waals surface area contributed by atoms with Crippen molar-refractivity contribution in [3.8, 4) is 5.69 Å². The van der Waals surface area contributed by atoms with Gasteiger partial charge in [-0.05, 0) is 18.2 Å². The third-order valence-corrected chi connectivity index (χ3v) is 2.27. The first-order valence-electron chi connectivity index (χ1n) is 5.22. The van der Waals surface area contributed by atoms with E-state index in [4.69, 9.17) is 5.11 Å². The molecule has 0 unspecified atom stereocenters. The molecular formula is C13H10N2O3. The van der Waals surface area contributed by atoms with Crippen molar-refractivity contribution >= 4 is 11.8 Å². The fourth-order valence-corrected chi connectivity index (χ4v) is 1.42. The second-order valence-corrected chi connectivity index (χ2v) is 3.54. The average molecular weight is 242 g/mol. The van der Waals surface area contributed by atoms with E-state index in [0.717, 1.165) is 17.8 Å². The Kier molecular flexibility index (Phi) is 3.33. The number of hydrogen-bond donors (Lipinski definition) is 1. The van der Waals surface area contributed by atoms with Gasteiger partial charge in [-0.1, -0.05) is 18.2 Å². The molecule has 0 atom stereocenters. The molecule has 2 rings (SSSR count). The van der Waals surface area contributed by atoms with Crippen molar-refractivity contribution in [2.75, 3.05) is 0 Å². The Morgan fingerprint density at radius 2 is 1.89 bits per heavy atom. The van der Waals surface area contributed by atoms with Crippen LogP contribution in [0.15, 0.2) is 54.9 Å². The number of allylic oxidation sites excluding steroid dienone is 1. The number of benzene rings is 1. The zero-order chi connectivity index (χ0) is 13.0. The molecule has 2 aromatic rings. The van der Waals surface area contributed by atoms with E-state index < -0.39 is 5.97 Å². The number of ketones is 1. The normalized spacial score (nSPS) is 10.7. The van der Waals surface area contributed by atoms with E-state index in [-0.39, 0.29) is 5.78 Å². The fraction of sp³-hybridized carbons (Fsp3) is 0. The van der Waals surface area contributed by atoms with Crippen molar-refractivity contribution < 1.29 is 14.7 Å².